The van der Waals surface area contributed by atoms with E-state index in [9.17, 15) is 0 Å². The van der Waals surface area contributed by atoms with Crippen molar-refractivity contribution >= 4 is 0 Å². The fourth-order valence-corrected chi connectivity index (χ4v) is 2.25. The van der Waals surface area contributed by atoms with E-state index < -0.39 is 0 Å². The van der Waals surface area contributed by atoms with Gasteiger partial charge in [0.2, 0.25) is 0 Å². The van der Waals surface area contributed by atoms with Crippen LogP contribution in [0.5, 0.6) is 0 Å². The Kier molecular flexibility index (Phi) is 4.67. The molecule has 1 rings (SSSR count). The second-order valence-electron chi connectivity index (χ2n) is 4.14. The topological polar surface area (TPSA) is 26.0 Å². The molecule has 0 heterocycles. The van der Waals surface area contributed by atoms with Crippen LogP contribution < -0.4 is 5.73 Å². The van der Waals surface area contributed by atoms with E-state index in [1.54, 1.807) is 0 Å². The van der Waals surface area contributed by atoms with Gasteiger partial charge in [-0.2, -0.15) is 0 Å². The lowest BCUT2D eigenvalue weighted by atomic mass is 9.79. The largest absolute Gasteiger partial charge is 0.330 e. The van der Waals surface area contributed by atoms with Crippen LogP contribution in [-0.2, 0) is 0 Å². The van der Waals surface area contributed by atoms with Crippen LogP contribution in [0, 0.1) is 18.3 Å². The molecule has 1 unspecified atom stereocenters. The summed E-state index contributed by atoms with van der Waals surface area (Å²) in [6.45, 7) is 3.12. The molecule has 12 heavy (non-hydrogen) atoms. The van der Waals surface area contributed by atoms with Crippen molar-refractivity contribution in [2.45, 2.75) is 45.4 Å². The van der Waals surface area contributed by atoms with Gasteiger partial charge in [0.05, 0.1) is 0 Å². The van der Waals surface area contributed by atoms with E-state index >= 15 is 0 Å². The standard InChI is InChI=1S/C11H22N/c1-10(6-5-9-12)11-7-3-2-4-8-11/h5,10-11H,2-4,6-9,12H2,1H3. The summed E-state index contributed by atoms with van der Waals surface area (Å²) in [7, 11) is 0. The smallest absolute Gasteiger partial charge is 0.00456 e. The molecular formula is C11H22N. The molecule has 1 saturated carbocycles. The predicted octanol–water partition coefficient (Wildman–Crippen LogP) is 2.76. The Morgan fingerprint density at radius 2 is 2.00 bits per heavy atom. The van der Waals surface area contributed by atoms with Crippen molar-refractivity contribution in [1.29, 1.82) is 0 Å². The zero-order valence-corrected chi connectivity index (χ0v) is 8.26. The maximum Gasteiger partial charge on any atom is -0.00456 e. The lowest BCUT2D eigenvalue weighted by Crippen LogP contribution is -2.16. The number of hydrogen-bond acceptors (Lipinski definition) is 1. The van der Waals surface area contributed by atoms with Crippen molar-refractivity contribution in [2.24, 2.45) is 17.6 Å². The molecule has 0 saturated heterocycles. The average Bonchev–Trinajstić information content (AvgIpc) is 2.15. The zero-order chi connectivity index (χ0) is 8.81. The summed E-state index contributed by atoms with van der Waals surface area (Å²) in [4.78, 5) is 0. The highest BCUT2D eigenvalue weighted by molar-refractivity contribution is 4.76. The molecular weight excluding hydrogens is 146 g/mol. The summed E-state index contributed by atoms with van der Waals surface area (Å²) in [5, 5.41) is 0. The quantitative estimate of drug-likeness (QED) is 0.686. The highest BCUT2D eigenvalue weighted by atomic mass is 14.5. The Hall–Kier alpha value is -0.0400. The van der Waals surface area contributed by atoms with Gasteiger partial charge in [-0.15, -0.1) is 0 Å². The van der Waals surface area contributed by atoms with Gasteiger partial charge >= 0.3 is 0 Å². The van der Waals surface area contributed by atoms with Gasteiger partial charge in [0.15, 0.2) is 0 Å². The molecule has 71 valence electrons. The van der Waals surface area contributed by atoms with Crippen molar-refractivity contribution in [3.8, 4) is 0 Å². The molecule has 2 N–H and O–H groups in total. The van der Waals surface area contributed by atoms with E-state index in [2.05, 4.69) is 13.3 Å². The summed E-state index contributed by atoms with van der Waals surface area (Å²) in [6, 6.07) is 0. The van der Waals surface area contributed by atoms with Gasteiger partial charge in [-0.05, 0) is 31.2 Å². The van der Waals surface area contributed by atoms with Crippen LogP contribution in [0.25, 0.3) is 0 Å². The van der Waals surface area contributed by atoms with Crippen molar-refractivity contribution in [3.05, 3.63) is 6.42 Å². The molecule has 1 radical (unpaired) electrons. The van der Waals surface area contributed by atoms with Crippen LogP contribution in [-0.4, -0.2) is 6.54 Å². The van der Waals surface area contributed by atoms with Crippen molar-refractivity contribution in [3.63, 3.8) is 0 Å². The fourth-order valence-electron chi connectivity index (χ4n) is 2.25. The van der Waals surface area contributed by atoms with Crippen LogP contribution in [0.2, 0.25) is 0 Å². The fraction of sp³-hybridized carbons (Fsp3) is 0.909. The zero-order valence-electron chi connectivity index (χ0n) is 8.26. The summed E-state index contributed by atoms with van der Waals surface area (Å²) in [5.41, 5.74) is 5.45. The van der Waals surface area contributed by atoms with Crippen LogP contribution in [0.1, 0.15) is 45.4 Å². The minimum atomic E-state index is 0.747. The van der Waals surface area contributed by atoms with Crippen molar-refractivity contribution in [2.75, 3.05) is 6.54 Å². The highest BCUT2D eigenvalue weighted by Gasteiger charge is 2.19. The predicted molar refractivity (Wildman–Crippen MR) is 53.7 cm³/mol. The number of hydrogen-bond donors (Lipinski definition) is 1. The van der Waals surface area contributed by atoms with Gasteiger partial charge in [0.25, 0.3) is 0 Å². The summed E-state index contributed by atoms with van der Waals surface area (Å²) >= 11 is 0. The SMILES string of the molecule is CC(C[CH]CN)C1CCCCC1. The minimum absolute atomic E-state index is 0.747. The molecule has 0 aromatic rings. The lowest BCUT2D eigenvalue weighted by molar-refractivity contribution is 0.261. The Balaban J connectivity index is 2.15. The molecule has 1 fully saturated rings. The second kappa shape index (κ2) is 5.58. The molecule has 0 aromatic heterocycles. The molecule has 1 nitrogen and oxygen atoms in total. The summed E-state index contributed by atoms with van der Waals surface area (Å²) < 4.78 is 0. The maximum absolute atomic E-state index is 5.45. The van der Waals surface area contributed by atoms with Crippen LogP contribution in [0.4, 0.5) is 0 Å². The molecule has 1 atom stereocenters. The van der Waals surface area contributed by atoms with E-state index in [0.717, 1.165) is 18.4 Å². The Labute approximate surface area is 76.7 Å². The van der Waals surface area contributed by atoms with Crippen molar-refractivity contribution < 1.29 is 0 Å². The molecule has 0 bridgehead atoms. The van der Waals surface area contributed by atoms with Crippen LogP contribution in [0.3, 0.4) is 0 Å². The van der Waals surface area contributed by atoms with E-state index in [1.807, 2.05) is 0 Å². The molecule has 1 heteroatoms. The van der Waals surface area contributed by atoms with Crippen LogP contribution in [0.15, 0.2) is 0 Å². The van der Waals surface area contributed by atoms with E-state index in [4.69, 9.17) is 5.73 Å². The first-order valence-electron chi connectivity index (χ1n) is 5.36. The van der Waals surface area contributed by atoms with Crippen molar-refractivity contribution in [1.82, 2.24) is 0 Å². The molecule has 0 aliphatic heterocycles. The Morgan fingerprint density at radius 1 is 1.33 bits per heavy atom. The van der Waals surface area contributed by atoms with Gasteiger partial charge < -0.3 is 5.73 Å². The molecule has 0 aromatic carbocycles. The summed E-state index contributed by atoms with van der Waals surface area (Å²) in [6.07, 6.45) is 10.7. The number of nitrogens with two attached hydrogens (primary N) is 1. The van der Waals surface area contributed by atoms with Gasteiger partial charge in [0.1, 0.15) is 0 Å². The first-order chi connectivity index (χ1) is 5.84. The second-order valence-corrected chi connectivity index (χ2v) is 4.14. The average molecular weight is 168 g/mol. The molecule has 0 spiro atoms. The van der Waals surface area contributed by atoms with Crippen LogP contribution >= 0.6 is 0 Å². The van der Waals surface area contributed by atoms with Gasteiger partial charge in [-0.3, -0.25) is 0 Å². The third-order valence-electron chi connectivity index (χ3n) is 3.16. The van der Waals surface area contributed by atoms with E-state index in [-0.39, 0.29) is 0 Å². The van der Waals surface area contributed by atoms with E-state index in [1.165, 1.54) is 38.5 Å². The highest BCUT2D eigenvalue weighted by Crippen LogP contribution is 2.31. The third-order valence-corrected chi connectivity index (χ3v) is 3.16. The molecule has 0 amide bonds. The van der Waals surface area contributed by atoms with Gasteiger partial charge in [-0.25, -0.2) is 0 Å². The van der Waals surface area contributed by atoms with Gasteiger partial charge in [0, 0.05) is 0 Å². The molecule has 1 aliphatic carbocycles. The Bertz CT molecular complexity index is 106. The number of rotatable bonds is 4. The summed E-state index contributed by atoms with van der Waals surface area (Å²) in [5.74, 6) is 1.86. The first-order valence-corrected chi connectivity index (χ1v) is 5.36. The normalized spacial score (nSPS) is 22.5. The maximum atomic E-state index is 5.45. The van der Waals surface area contributed by atoms with Gasteiger partial charge in [-0.1, -0.05) is 39.0 Å². The first kappa shape index (κ1) is 10.0. The van der Waals surface area contributed by atoms with E-state index in [0.29, 0.717) is 0 Å². The Morgan fingerprint density at radius 3 is 2.58 bits per heavy atom. The molecule has 1 aliphatic rings. The minimum Gasteiger partial charge on any atom is -0.330 e. The lowest BCUT2D eigenvalue weighted by Gasteiger charge is -2.27. The third kappa shape index (κ3) is 3.14. The monoisotopic (exact) mass is 168 g/mol.